The van der Waals surface area contributed by atoms with E-state index in [0.29, 0.717) is 43.9 Å². The average molecular weight is 1490 g/mol. The highest BCUT2D eigenvalue weighted by Gasteiger charge is 2.22. The number of imidazole rings is 1. The maximum atomic E-state index is 11.9. The Morgan fingerprint density at radius 3 is 1.37 bits per heavy atom. The lowest BCUT2D eigenvalue weighted by atomic mass is 9.97. The summed E-state index contributed by atoms with van der Waals surface area (Å²) in [5.41, 5.74) is 21.0. The van der Waals surface area contributed by atoms with Crippen molar-refractivity contribution in [2.45, 2.75) is 80.7 Å². The number of terminal acetylenes is 4. The lowest BCUT2D eigenvalue weighted by molar-refractivity contribution is 0.0950. The number of carbonyl (C=O) groups is 1. The summed E-state index contributed by atoms with van der Waals surface area (Å²) in [4.78, 5) is 46.9. The summed E-state index contributed by atoms with van der Waals surface area (Å²) in [5, 5.41) is 19.7. The Morgan fingerprint density at radius 1 is 0.531 bits per heavy atom. The fourth-order valence-corrected chi connectivity index (χ4v) is 9.15. The van der Waals surface area contributed by atoms with Crippen LogP contribution in [-0.2, 0) is 13.0 Å². The number of aromatic nitrogens is 2. The minimum Gasteiger partial charge on any atom is -0.507 e. The van der Waals surface area contributed by atoms with Gasteiger partial charge < -0.3 is 61.6 Å². The second-order valence-electron chi connectivity index (χ2n) is 24.6. The molecule has 4 unspecified atom stereocenters. The predicted octanol–water partition coefficient (Wildman–Crippen LogP) is 5.61. The SMILES string of the molecule is C#CC#CC#CC#CC#CC#CC(C)CN=C1N(C)CCN1C.C#CC#CC#CC#CC#CC(C)CCC(=N)N.C#CC#CC#CC#CC#CC(C)Cc1ccc(N=C2N(C)CCN2C)cc1C.C#CC#CC#CC#CC#CC(C)Cn1cnc(N=C2N(C)CCN2C)c1.Cc1ccc(C(=O)NCCCN=C(N)N)c(O)c1C. The molecule has 564 valence electrons. The van der Waals surface area contributed by atoms with Crippen molar-refractivity contribution in [2.75, 3.05) is 101 Å². The number of hydrogen-bond acceptors (Lipinski definition) is 8. The number of amidine groups is 1. The van der Waals surface area contributed by atoms with Crippen LogP contribution in [-0.4, -0.2) is 181 Å². The fraction of sp³-hybridized carbons (Fsp3) is 0.330. The standard InChI is InChI=1S/C25H23N3.C21H19N5.C20H17N3.C15H12N2.C13H20N4O2/c1-6-7-8-9-10-11-12-13-14-21(2)19-23-15-16-24(20-22(23)3)26-25-27(4)17-18-28(25)5;1-5-6-7-8-9-10-11-12-13-19(2)16-26-17-20(22-18-26)23-21-24(3)14-15-25(21)4;1-5-6-7-8-9-10-11-12-13-14-15-19(2)18-21-20-22(3)16-17-23(20)4;1-3-4-5-6-7-8-9-10-11-14(2)12-13-15(16)17;1-8-4-5-10(11(18)9(8)2)12(19)16-6-3-7-17-13(14)15/h1,15-16,20-21H,17-19H2,2-5H3;1,17-19H,14-16H2,2-4H3;1,19H,16-18H2,2-4H3;1,14H,12-13H2,2H3,(H3,16,17);4-5,18H,3,6-7H2,1-2H3,(H,16,19)(H4,14,15,17). The van der Waals surface area contributed by atoms with E-state index in [9.17, 15) is 9.90 Å². The molecule has 6 rings (SSSR count). The number of phenolic OH excluding ortho intramolecular Hbond substituents is 1. The molecule has 0 saturated carbocycles. The van der Waals surface area contributed by atoms with Crippen molar-refractivity contribution in [2.24, 2.45) is 60.8 Å². The molecule has 0 spiro atoms. The number of aliphatic imine (C=N–C) groups is 4. The second kappa shape index (κ2) is 56.5. The number of phenols is 1. The number of hydrogen-bond donors (Lipinski definition) is 6. The van der Waals surface area contributed by atoms with Crippen LogP contribution in [0.1, 0.15) is 79.6 Å². The quantitative estimate of drug-likeness (QED) is 0.0445. The van der Waals surface area contributed by atoms with Crippen LogP contribution in [0.25, 0.3) is 0 Å². The first-order valence-corrected chi connectivity index (χ1v) is 35.3. The van der Waals surface area contributed by atoms with Gasteiger partial charge in [0.2, 0.25) is 11.9 Å². The Morgan fingerprint density at radius 2 is 0.938 bits per heavy atom. The normalized spacial score (nSPS) is 11.6. The smallest absolute Gasteiger partial charge is 0.255 e. The van der Waals surface area contributed by atoms with Gasteiger partial charge in [-0.3, -0.25) is 20.2 Å². The number of likely N-dealkylation sites (N-methyl/N-ethyl adjacent to an activating group) is 6. The molecule has 9 N–H and O–H groups in total. The van der Waals surface area contributed by atoms with Crippen molar-refractivity contribution < 1.29 is 9.90 Å². The molecule has 1 amide bonds. The molecule has 113 heavy (non-hydrogen) atoms. The monoisotopic (exact) mass is 1490 g/mol. The zero-order valence-electron chi connectivity index (χ0n) is 66.5. The number of nitrogens with two attached hydrogens (primary N) is 3. The molecular weight excluding hydrogens is 1400 g/mol. The highest BCUT2D eigenvalue weighted by Crippen LogP contribution is 2.25. The number of nitrogens with zero attached hydrogens (tertiary/aromatic N) is 12. The van der Waals surface area contributed by atoms with E-state index in [4.69, 9.17) is 53.3 Å². The van der Waals surface area contributed by atoms with Crippen LogP contribution in [0, 0.1) is 301 Å². The van der Waals surface area contributed by atoms with Crippen LogP contribution in [0.3, 0.4) is 0 Å². The van der Waals surface area contributed by atoms with Crippen molar-refractivity contribution in [3.63, 3.8) is 0 Å². The van der Waals surface area contributed by atoms with Gasteiger partial charge in [-0.25, -0.2) is 9.98 Å². The van der Waals surface area contributed by atoms with Crippen molar-refractivity contribution >= 4 is 47.1 Å². The van der Waals surface area contributed by atoms with E-state index in [1.807, 2.05) is 72.7 Å². The summed E-state index contributed by atoms with van der Waals surface area (Å²) in [5.74, 6) is 102. The van der Waals surface area contributed by atoms with Gasteiger partial charge in [-0.1, -0.05) is 49.7 Å². The maximum Gasteiger partial charge on any atom is 0.255 e. The molecule has 3 saturated heterocycles. The summed E-state index contributed by atoms with van der Waals surface area (Å²) in [6, 6.07) is 9.77. The predicted molar refractivity (Wildman–Crippen MR) is 460 cm³/mol. The Bertz CT molecular complexity index is 5350. The number of amides is 1. The van der Waals surface area contributed by atoms with Gasteiger partial charge in [-0.2, -0.15) is 4.99 Å². The van der Waals surface area contributed by atoms with Gasteiger partial charge >= 0.3 is 0 Å². The van der Waals surface area contributed by atoms with Crippen LogP contribution < -0.4 is 22.5 Å². The number of benzene rings is 2. The van der Waals surface area contributed by atoms with Crippen molar-refractivity contribution in [1.82, 2.24) is 44.3 Å². The summed E-state index contributed by atoms with van der Waals surface area (Å²) in [7, 11) is 12.3. The van der Waals surface area contributed by atoms with Crippen LogP contribution in [0.2, 0.25) is 0 Å². The van der Waals surface area contributed by atoms with Crippen molar-refractivity contribution in [3.05, 3.63) is 70.7 Å². The van der Waals surface area contributed by atoms with Gasteiger partial charge in [-0.05, 0) is 296 Å². The molecule has 1 aromatic heterocycles. The molecule has 4 heterocycles. The molecule has 3 fully saturated rings. The summed E-state index contributed by atoms with van der Waals surface area (Å²) >= 11 is 0. The second-order valence-corrected chi connectivity index (χ2v) is 24.6. The first-order chi connectivity index (χ1) is 54.3. The molecule has 0 aliphatic carbocycles. The largest absolute Gasteiger partial charge is 0.507 e. The van der Waals surface area contributed by atoms with Crippen LogP contribution in [0.4, 0.5) is 11.5 Å². The topological polar surface area (TPSA) is 238 Å². The minimum absolute atomic E-state index is 0.0294. The van der Waals surface area contributed by atoms with Crippen molar-refractivity contribution in [1.29, 1.82) is 5.41 Å². The molecule has 3 aliphatic heterocycles. The van der Waals surface area contributed by atoms with E-state index >= 15 is 0 Å². The molecule has 19 heteroatoms. The lowest BCUT2D eigenvalue weighted by Crippen LogP contribution is -2.28. The summed E-state index contributed by atoms with van der Waals surface area (Å²) in [6.07, 6.45) is 26.3. The van der Waals surface area contributed by atoms with Crippen molar-refractivity contribution in [3.8, 4) is 256 Å². The number of rotatable bonds is 16. The van der Waals surface area contributed by atoms with Gasteiger partial charge in [0.1, 0.15) is 5.75 Å². The van der Waals surface area contributed by atoms with E-state index in [1.54, 1.807) is 19.3 Å². The van der Waals surface area contributed by atoms with E-state index < -0.39 is 0 Å². The Labute approximate surface area is 672 Å². The number of carbonyl (C=O) groups excluding carboxylic acids is 1. The summed E-state index contributed by atoms with van der Waals surface area (Å²) in [6.45, 7) is 22.2. The van der Waals surface area contributed by atoms with E-state index in [2.05, 4.69) is 326 Å². The Balaban J connectivity index is 0.000000485. The third kappa shape index (κ3) is 42.2. The zero-order chi connectivity index (χ0) is 83.4. The van der Waals surface area contributed by atoms with Crippen LogP contribution >= 0.6 is 0 Å². The molecule has 0 bridgehead atoms. The van der Waals surface area contributed by atoms with E-state index in [-0.39, 0.29) is 52.7 Å². The van der Waals surface area contributed by atoms with Gasteiger partial charge in [0.05, 0.1) is 30.0 Å². The third-order valence-electron chi connectivity index (χ3n) is 15.2. The van der Waals surface area contributed by atoms with Crippen LogP contribution in [0.15, 0.2) is 62.8 Å². The molecular formula is C94H91N17O2. The number of aryl methyl sites for hydroxylation is 2. The average Bonchev–Trinajstić information content (AvgIpc) is 1.81. The Kier molecular flexibility index (Phi) is 46.7. The first kappa shape index (κ1) is 93.3. The fourth-order valence-electron chi connectivity index (χ4n) is 9.15. The van der Waals surface area contributed by atoms with Gasteiger partial charge in [-0.15, -0.1) is 25.7 Å². The lowest BCUT2D eigenvalue weighted by Gasteiger charge is -2.16. The molecule has 4 atom stereocenters. The molecule has 3 aromatic rings. The maximum absolute atomic E-state index is 11.9. The molecule has 2 aromatic carbocycles. The third-order valence-corrected chi connectivity index (χ3v) is 15.2. The number of nitrogens with one attached hydrogen (secondary N) is 2. The number of aromatic hydroxyl groups is 1. The Hall–Kier alpha value is -15.8. The first-order valence-electron chi connectivity index (χ1n) is 35.3. The molecule has 3 aliphatic rings. The molecule has 0 radical (unpaired) electrons. The minimum atomic E-state index is -0.301. The van der Waals surface area contributed by atoms with Gasteiger partial charge in [0, 0.05) is 137 Å². The van der Waals surface area contributed by atoms with Gasteiger partial charge in [0.15, 0.2) is 17.7 Å². The van der Waals surface area contributed by atoms with E-state index in [1.165, 1.54) is 11.1 Å². The zero-order valence-corrected chi connectivity index (χ0v) is 66.5. The highest BCUT2D eigenvalue weighted by atomic mass is 16.3. The summed E-state index contributed by atoms with van der Waals surface area (Å²) < 4.78 is 1.98. The highest BCUT2D eigenvalue weighted by molar-refractivity contribution is 5.97. The van der Waals surface area contributed by atoms with Gasteiger partial charge in [0.25, 0.3) is 5.91 Å². The molecule has 19 nitrogen and oxygen atoms in total. The van der Waals surface area contributed by atoms with E-state index in [0.717, 1.165) is 87.8 Å². The van der Waals surface area contributed by atoms with Crippen LogP contribution in [0.5, 0.6) is 5.75 Å². The number of guanidine groups is 4.